The Balaban J connectivity index is 2.60. The second-order valence-corrected chi connectivity index (χ2v) is 3.69. The van der Waals surface area contributed by atoms with Crippen LogP contribution in [0.4, 0.5) is 18.9 Å². The van der Waals surface area contributed by atoms with Gasteiger partial charge < -0.3 is 15.2 Å². The number of carbonyl (C=O) groups excluding carboxylic acids is 1. The van der Waals surface area contributed by atoms with E-state index in [1.165, 1.54) is 18.2 Å². The average molecular weight is 277 g/mol. The van der Waals surface area contributed by atoms with E-state index in [-0.39, 0.29) is 11.3 Å². The van der Waals surface area contributed by atoms with Crippen molar-refractivity contribution in [1.29, 1.82) is 0 Å². The summed E-state index contributed by atoms with van der Waals surface area (Å²) in [5.41, 5.74) is 5.95. The zero-order valence-corrected chi connectivity index (χ0v) is 10.3. The maximum absolute atomic E-state index is 11.9. The van der Waals surface area contributed by atoms with Gasteiger partial charge in [0.15, 0.2) is 0 Å². The molecule has 0 heterocycles. The fourth-order valence-corrected chi connectivity index (χ4v) is 1.31. The summed E-state index contributed by atoms with van der Waals surface area (Å²) in [5, 5.41) is 0. The number of rotatable bonds is 5. The molecule has 0 fully saturated rings. The molecule has 0 amide bonds. The van der Waals surface area contributed by atoms with Gasteiger partial charge in [0.25, 0.3) is 0 Å². The molecule has 0 aliphatic rings. The number of esters is 1. The molecule has 0 spiro atoms. The molecule has 106 valence electrons. The Morgan fingerprint density at radius 3 is 2.58 bits per heavy atom. The Hall–Kier alpha value is -1.92. The van der Waals surface area contributed by atoms with Crippen molar-refractivity contribution in [3.63, 3.8) is 0 Å². The predicted octanol–water partition coefficient (Wildman–Crippen LogP) is 2.78. The lowest BCUT2D eigenvalue weighted by Crippen LogP contribution is -2.15. The smallest absolute Gasteiger partial charge is 0.392 e. The van der Waals surface area contributed by atoms with Crippen molar-refractivity contribution < 1.29 is 27.4 Å². The first-order valence-corrected chi connectivity index (χ1v) is 5.59. The molecule has 4 nitrogen and oxygen atoms in total. The zero-order chi connectivity index (χ0) is 14.5. The predicted molar refractivity (Wildman–Crippen MR) is 63.0 cm³/mol. The van der Waals surface area contributed by atoms with E-state index < -0.39 is 25.2 Å². The SMILES string of the molecule is CCOc1ccc(C(=O)OCCC(F)(F)F)cc1N. The minimum absolute atomic E-state index is 0.0862. The number of benzene rings is 1. The summed E-state index contributed by atoms with van der Waals surface area (Å²) >= 11 is 0. The second-order valence-electron chi connectivity index (χ2n) is 3.69. The van der Waals surface area contributed by atoms with Gasteiger partial charge in [-0.1, -0.05) is 0 Å². The third-order valence-corrected chi connectivity index (χ3v) is 2.16. The number of hydrogen-bond donors (Lipinski definition) is 1. The van der Waals surface area contributed by atoms with Gasteiger partial charge in [0.05, 0.1) is 24.3 Å². The highest BCUT2D eigenvalue weighted by Crippen LogP contribution is 2.23. The van der Waals surface area contributed by atoms with Gasteiger partial charge in [-0.2, -0.15) is 13.2 Å². The molecule has 1 aromatic rings. The summed E-state index contributed by atoms with van der Waals surface area (Å²) in [5.74, 6) is -0.437. The van der Waals surface area contributed by atoms with Crippen molar-refractivity contribution in [1.82, 2.24) is 0 Å². The van der Waals surface area contributed by atoms with Gasteiger partial charge in [0.1, 0.15) is 12.4 Å². The molecule has 0 aromatic heterocycles. The maximum atomic E-state index is 11.9. The topological polar surface area (TPSA) is 61.5 Å². The van der Waals surface area contributed by atoms with E-state index in [2.05, 4.69) is 4.74 Å². The lowest BCUT2D eigenvalue weighted by atomic mass is 10.2. The van der Waals surface area contributed by atoms with Crippen LogP contribution in [0.1, 0.15) is 23.7 Å². The highest BCUT2D eigenvalue weighted by atomic mass is 19.4. The number of alkyl halides is 3. The molecule has 2 N–H and O–H groups in total. The fourth-order valence-electron chi connectivity index (χ4n) is 1.31. The highest BCUT2D eigenvalue weighted by molar-refractivity contribution is 5.91. The van der Waals surface area contributed by atoms with Crippen LogP contribution in [0.2, 0.25) is 0 Å². The van der Waals surface area contributed by atoms with Crippen LogP contribution in [-0.4, -0.2) is 25.4 Å². The van der Waals surface area contributed by atoms with Gasteiger partial charge in [-0.3, -0.25) is 0 Å². The largest absolute Gasteiger partial charge is 0.492 e. The van der Waals surface area contributed by atoms with Crippen molar-refractivity contribution >= 4 is 11.7 Å². The second kappa shape index (κ2) is 6.31. The first-order valence-electron chi connectivity index (χ1n) is 5.59. The standard InChI is InChI=1S/C12H14F3NO3/c1-2-18-10-4-3-8(7-9(10)16)11(17)19-6-5-12(13,14)15/h3-4,7H,2,5-6,16H2,1H3. The number of ether oxygens (including phenoxy) is 2. The minimum Gasteiger partial charge on any atom is -0.492 e. The Bertz CT molecular complexity index is 446. The summed E-state index contributed by atoms with van der Waals surface area (Å²) < 4.78 is 45.3. The zero-order valence-electron chi connectivity index (χ0n) is 10.3. The molecule has 1 aromatic carbocycles. The molecule has 0 atom stereocenters. The van der Waals surface area contributed by atoms with Crippen LogP contribution >= 0.6 is 0 Å². The summed E-state index contributed by atoms with van der Waals surface area (Å²) in [6, 6.07) is 4.16. The van der Waals surface area contributed by atoms with Gasteiger partial charge >= 0.3 is 12.1 Å². The fraction of sp³-hybridized carbons (Fsp3) is 0.417. The van der Waals surface area contributed by atoms with Crippen molar-refractivity contribution in [3.05, 3.63) is 23.8 Å². The van der Waals surface area contributed by atoms with Crippen LogP contribution in [0.3, 0.4) is 0 Å². The molecule has 0 aliphatic carbocycles. The lowest BCUT2D eigenvalue weighted by Gasteiger charge is -2.10. The van der Waals surface area contributed by atoms with Crippen LogP contribution in [0.15, 0.2) is 18.2 Å². The third-order valence-electron chi connectivity index (χ3n) is 2.16. The Labute approximate surface area is 108 Å². The van der Waals surface area contributed by atoms with E-state index in [1.807, 2.05) is 0 Å². The van der Waals surface area contributed by atoms with Crippen LogP contribution in [0.5, 0.6) is 5.75 Å². The number of halogens is 3. The van der Waals surface area contributed by atoms with Crippen LogP contribution < -0.4 is 10.5 Å². The molecule has 0 bridgehead atoms. The monoisotopic (exact) mass is 277 g/mol. The lowest BCUT2D eigenvalue weighted by molar-refractivity contribution is -0.141. The van der Waals surface area contributed by atoms with Crippen LogP contribution in [0.25, 0.3) is 0 Å². The molecule has 19 heavy (non-hydrogen) atoms. The first-order chi connectivity index (χ1) is 8.83. The van der Waals surface area contributed by atoms with Crippen molar-refractivity contribution in [2.45, 2.75) is 19.5 Å². The molecule has 0 unspecified atom stereocenters. The summed E-state index contributed by atoms with van der Waals surface area (Å²) in [6.07, 6.45) is -5.52. The molecule has 0 saturated carbocycles. The van der Waals surface area contributed by atoms with E-state index >= 15 is 0 Å². The summed E-state index contributed by atoms with van der Waals surface area (Å²) in [7, 11) is 0. The summed E-state index contributed by atoms with van der Waals surface area (Å²) in [6.45, 7) is 1.48. The third kappa shape index (κ3) is 5.07. The first kappa shape index (κ1) is 15.1. The van der Waals surface area contributed by atoms with Gasteiger partial charge in [-0.05, 0) is 25.1 Å². The average Bonchev–Trinajstić information content (AvgIpc) is 2.30. The van der Waals surface area contributed by atoms with E-state index in [4.69, 9.17) is 10.5 Å². The van der Waals surface area contributed by atoms with Crippen molar-refractivity contribution in [2.24, 2.45) is 0 Å². The Morgan fingerprint density at radius 2 is 2.05 bits per heavy atom. The minimum atomic E-state index is -4.35. The summed E-state index contributed by atoms with van der Waals surface area (Å²) in [4.78, 5) is 11.5. The quantitative estimate of drug-likeness (QED) is 0.664. The van der Waals surface area contributed by atoms with Crippen LogP contribution in [-0.2, 0) is 4.74 Å². The van der Waals surface area contributed by atoms with Crippen LogP contribution in [0, 0.1) is 0 Å². The van der Waals surface area contributed by atoms with Gasteiger partial charge in [0, 0.05) is 0 Å². The van der Waals surface area contributed by atoms with Gasteiger partial charge in [-0.15, -0.1) is 0 Å². The maximum Gasteiger partial charge on any atom is 0.392 e. The molecule has 0 radical (unpaired) electrons. The van der Waals surface area contributed by atoms with E-state index in [0.717, 1.165) is 0 Å². The Kier molecular flexibility index (Phi) is 5.02. The van der Waals surface area contributed by atoms with E-state index in [9.17, 15) is 18.0 Å². The Morgan fingerprint density at radius 1 is 1.37 bits per heavy atom. The highest BCUT2D eigenvalue weighted by Gasteiger charge is 2.27. The number of anilines is 1. The molecule has 0 saturated heterocycles. The van der Waals surface area contributed by atoms with Crippen molar-refractivity contribution in [2.75, 3.05) is 18.9 Å². The van der Waals surface area contributed by atoms with E-state index in [1.54, 1.807) is 6.92 Å². The molecular formula is C12H14F3NO3. The van der Waals surface area contributed by atoms with E-state index in [0.29, 0.717) is 12.4 Å². The van der Waals surface area contributed by atoms with Gasteiger partial charge in [-0.25, -0.2) is 4.79 Å². The van der Waals surface area contributed by atoms with Crippen molar-refractivity contribution in [3.8, 4) is 5.75 Å². The normalized spacial score (nSPS) is 11.2. The number of carbonyl (C=O) groups is 1. The van der Waals surface area contributed by atoms with Gasteiger partial charge in [0.2, 0.25) is 0 Å². The number of nitrogens with two attached hydrogens (primary N) is 1. The number of nitrogen functional groups attached to an aromatic ring is 1. The molecule has 0 aliphatic heterocycles. The molecular weight excluding hydrogens is 263 g/mol. The molecule has 1 rings (SSSR count). The number of hydrogen-bond acceptors (Lipinski definition) is 4. The molecule has 7 heteroatoms.